The Kier molecular flexibility index (Phi) is 50.8. The van der Waals surface area contributed by atoms with Crippen LogP contribution in [-0.4, -0.2) is 49.3 Å². The van der Waals surface area contributed by atoms with Crippen molar-refractivity contribution in [1.29, 1.82) is 0 Å². The minimum absolute atomic E-state index is 0.0486. The van der Waals surface area contributed by atoms with E-state index in [1.165, 1.54) is 135 Å². The van der Waals surface area contributed by atoms with Gasteiger partial charge in [-0.05, 0) is 83.5 Å². The minimum Gasteiger partial charge on any atom is -0.462 e. The topological polar surface area (TPSA) is 134 Å². The second kappa shape index (κ2) is 52.8. The van der Waals surface area contributed by atoms with Gasteiger partial charge in [-0.15, -0.1) is 0 Å². The molecule has 10 heteroatoms. The van der Waals surface area contributed by atoms with E-state index in [4.69, 9.17) is 24.3 Å². The first kappa shape index (κ1) is 64.5. The highest BCUT2D eigenvalue weighted by molar-refractivity contribution is 7.47. The molecule has 0 aliphatic rings. The summed E-state index contributed by atoms with van der Waals surface area (Å²) in [5.74, 6) is -0.839. The van der Waals surface area contributed by atoms with Crippen molar-refractivity contribution in [2.75, 3.05) is 26.4 Å². The summed E-state index contributed by atoms with van der Waals surface area (Å²) in [5, 5.41) is 0. The van der Waals surface area contributed by atoms with E-state index in [-0.39, 0.29) is 38.6 Å². The van der Waals surface area contributed by atoms with Crippen molar-refractivity contribution in [3.63, 3.8) is 0 Å². The van der Waals surface area contributed by atoms with Crippen LogP contribution in [0.15, 0.2) is 72.9 Å². The summed E-state index contributed by atoms with van der Waals surface area (Å²) in [6.45, 7) is 3.63. The second-order valence-electron chi connectivity index (χ2n) is 18.1. The first-order valence-electron chi connectivity index (χ1n) is 27.4. The van der Waals surface area contributed by atoms with Gasteiger partial charge in [-0.25, -0.2) is 4.57 Å². The number of carbonyl (C=O) groups is 2. The van der Waals surface area contributed by atoms with Crippen molar-refractivity contribution >= 4 is 19.8 Å². The van der Waals surface area contributed by atoms with Gasteiger partial charge < -0.3 is 20.1 Å². The molecule has 0 aromatic carbocycles. The number of ether oxygens (including phenoxy) is 2. The van der Waals surface area contributed by atoms with Gasteiger partial charge in [-0.1, -0.05) is 222 Å². The molecule has 3 N–H and O–H groups in total. The summed E-state index contributed by atoms with van der Waals surface area (Å²) < 4.78 is 33.0. The maximum Gasteiger partial charge on any atom is 0.472 e. The highest BCUT2D eigenvalue weighted by Crippen LogP contribution is 2.43. The standard InChI is InChI=1S/C57H102NO8P/c1-3-5-7-9-11-13-15-17-19-21-23-25-27-29-31-33-35-37-39-41-43-45-47-49-56(59)63-53-55(54-65-67(61,62)64-52-51-58)66-57(60)50-48-46-44-42-40-38-36-34-32-30-28-26-24-22-20-18-16-14-12-10-8-6-4-2/h6,8,12,14,18,20-21,23-24,26,30,32,55H,3-5,7,9-11,13,15-17,19,22,25,27-29,31,33-54,58H2,1-2H3,(H,61,62)/b8-6-,14-12-,20-18-,23-21-,26-24-,32-30-. The number of allylic oxidation sites excluding steroid dienone is 12. The molecule has 0 spiro atoms. The number of carbonyl (C=O) groups excluding carboxylic acids is 2. The Morgan fingerprint density at radius 1 is 0.463 bits per heavy atom. The van der Waals surface area contributed by atoms with Crippen molar-refractivity contribution in [2.45, 2.75) is 251 Å². The van der Waals surface area contributed by atoms with Crippen LogP contribution in [0.25, 0.3) is 0 Å². The number of esters is 2. The van der Waals surface area contributed by atoms with Gasteiger partial charge in [0.25, 0.3) is 0 Å². The van der Waals surface area contributed by atoms with Gasteiger partial charge in [-0.2, -0.15) is 0 Å². The van der Waals surface area contributed by atoms with Gasteiger partial charge in [0.1, 0.15) is 6.61 Å². The third-order valence-electron chi connectivity index (χ3n) is 11.6. The third kappa shape index (κ3) is 52.7. The van der Waals surface area contributed by atoms with Crippen LogP contribution in [0.5, 0.6) is 0 Å². The molecule has 0 fully saturated rings. The molecule has 0 amide bonds. The van der Waals surface area contributed by atoms with E-state index in [2.05, 4.69) is 86.8 Å². The molecule has 0 aromatic heterocycles. The van der Waals surface area contributed by atoms with Crippen LogP contribution in [0.1, 0.15) is 245 Å². The highest BCUT2D eigenvalue weighted by Gasteiger charge is 2.26. The van der Waals surface area contributed by atoms with E-state index < -0.39 is 26.5 Å². The molecule has 0 heterocycles. The number of phosphoric acid groups is 1. The molecule has 388 valence electrons. The van der Waals surface area contributed by atoms with Crippen molar-refractivity contribution in [3.05, 3.63) is 72.9 Å². The predicted molar refractivity (Wildman–Crippen MR) is 284 cm³/mol. The van der Waals surface area contributed by atoms with Gasteiger partial charge in [0.05, 0.1) is 13.2 Å². The summed E-state index contributed by atoms with van der Waals surface area (Å²) in [5.41, 5.74) is 5.37. The van der Waals surface area contributed by atoms with Gasteiger partial charge in [0.2, 0.25) is 0 Å². The average Bonchev–Trinajstić information content (AvgIpc) is 3.32. The van der Waals surface area contributed by atoms with E-state index in [0.29, 0.717) is 6.42 Å². The van der Waals surface area contributed by atoms with Gasteiger partial charge in [0.15, 0.2) is 6.10 Å². The average molecular weight is 960 g/mol. The zero-order chi connectivity index (χ0) is 48.8. The predicted octanol–water partition coefficient (Wildman–Crippen LogP) is 17.0. The monoisotopic (exact) mass is 960 g/mol. The molecule has 0 aliphatic heterocycles. The van der Waals surface area contributed by atoms with Crippen LogP contribution >= 0.6 is 7.82 Å². The molecule has 2 unspecified atom stereocenters. The van der Waals surface area contributed by atoms with Crippen molar-refractivity contribution in [1.82, 2.24) is 0 Å². The maximum atomic E-state index is 12.7. The van der Waals surface area contributed by atoms with Crippen LogP contribution < -0.4 is 5.73 Å². The van der Waals surface area contributed by atoms with Crippen LogP contribution in [-0.2, 0) is 32.7 Å². The normalized spacial score (nSPS) is 13.7. The van der Waals surface area contributed by atoms with Crippen LogP contribution in [0.3, 0.4) is 0 Å². The Hall–Kier alpha value is -2.55. The minimum atomic E-state index is -4.39. The molecule has 9 nitrogen and oxygen atoms in total. The van der Waals surface area contributed by atoms with Gasteiger partial charge in [-0.3, -0.25) is 18.6 Å². The molecule has 0 aliphatic carbocycles. The smallest absolute Gasteiger partial charge is 0.462 e. The Balaban J connectivity index is 4.04. The molecule has 0 radical (unpaired) electrons. The maximum absolute atomic E-state index is 12.7. The van der Waals surface area contributed by atoms with E-state index in [9.17, 15) is 19.0 Å². The number of rotatable bonds is 51. The summed E-state index contributed by atoms with van der Waals surface area (Å²) in [7, 11) is -4.39. The first-order valence-corrected chi connectivity index (χ1v) is 28.9. The van der Waals surface area contributed by atoms with E-state index in [1.54, 1.807) is 0 Å². The van der Waals surface area contributed by atoms with Gasteiger partial charge in [0, 0.05) is 19.4 Å². The quantitative estimate of drug-likeness (QED) is 0.0264. The fourth-order valence-electron chi connectivity index (χ4n) is 7.54. The molecule has 0 bridgehead atoms. The van der Waals surface area contributed by atoms with Gasteiger partial charge >= 0.3 is 19.8 Å². The van der Waals surface area contributed by atoms with Crippen molar-refractivity contribution in [3.8, 4) is 0 Å². The Morgan fingerprint density at radius 3 is 1.24 bits per heavy atom. The van der Waals surface area contributed by atoms with E-state index in [1.807, 2.05) is 0 Å². The lowest BCUT2D eigenvalue weighted by molar-refractivity contribution is -0.161. The molecule has 0 rings (SSSR count). The number of nitrogens with two attached hydrogens (primary N) is 1. The Labute approximate surface area is 411 Å². The van der Waals surface area contributed by atoms with Crippen LogP contribution in [0, 0.1) is 0 Å². The molecule has 0 saturated carbocycles. The number of unbranched alkanes of at least 4 members (excludes halogenated alkanes) is 26. The first-order chi connectivity index (χ1) is 32.8. The fraction of sp³-hybridized carbons (Fsp3) is 0.754. The SMILES string of the molecule is CC/C=C\C/C=C\C/C=C\C/C=C\C/C=C\CCCCCCCCCC(=O)OC(COC(=O)CCCCCCCCCCCCC/C=C\CCCCCCCCCC)COP(=O)(O)OCCN. The second-order valence-corrected chi connectivity index (χ2v) is 19.5. The number of hydrogen-bond donors (Lipinski definition) is 2. The largest absolute Gasteiger partial charge is 0.472 e. The summed E-state index contributed by atoms with van der Waals surface area (Å²) in [6.07, 6.45) is 66.6. The highest BCUT2D eigenvalue weighted by atomic mass is 31.2. The lowest BCUT2D eigenvalue weighted by Crippen LogP contribution is -2.29. The Morgan fingerprint density at radius 2 is 0.821 bits per heavy atom. The summed E-state index contributed by atoms with van der Waals surface area (Å²) in [4.78, 5) is 35.1. The molecule has 0 saturated heterocycles. The lowest BCUT2D eigenvalue weighted by atomic mass is 10.0. The van der Waals surface area contributed by atoms with E-state index in [0.717, 1.165) is 77.0 Å². The molecule has 67 heavy (non-hydrogen) atoms. The van der Waals surface area contributed by atoms with Crippen molar-refractivity contribution in [2.24, 2.45) is 5.73 Å². The molecule has 0 aromatic rings. The van der Waals surface area contributed by atoms with Crippen LogP contribution in [0.2, 0.25) is 0 Å². The number of hydrogen-bond acceptors (Lipinski definition) is 8. The van der Waals surface area contributed by atoms with Crippen LogP contribution in [0.4, 0.5) is 0 Å². The number of phosphoric ester groups is 1. The lowest BCUT2D eigenvalue weighted by Gasteiger charge is -2.19. The molecular weight excluding hydrogens is 858 g/mol. The summed E-state index contributed by atoms with van der Waals surface area (Å²) in [6, 6.07) is 0. The molecular formula is C57H102NO8P. The molecule has 2 atom stereocenters. The third-order valence-corrected chi connectivity index (χ3v) is 12.6. The summed E-state index contributed by atoms with van der Waals surface area (Å²) >= 11 is 0. The Bertz CT molecular complexity index is 1320. The fourth-order valence-corrected chi connectivity index (χ4v) is 8.31. The van der Waals surface area contributed by atoms with E-state index >= 15 is 0 Å². The zero-order valence-corrected chi connectivity index (χ0v) is 44.0. The zero-order valence-electron chi connectivity index (χ0n) is 43.1. The van der Waals surface area contributed by atoms with Crippen molar-refractivity contribution < 1.29 is 37.6 Å².